The molecule has 1 aliphatic rings. The van der Waals surface area contributed by atoms with Crippen LogP contribution in [0.25, 0.3) is 0 Å². The summed E-state index contributed by atoms with van der Waals surface area (Å²) in [5.74, 6) is -4.20. The summed E-state index contributed by atoms with van der Waals surface area (Å²) in [5.41, 5.74) is -1.09. The Morgan fingerprint density at radius 2 is 1.83 bits per heavy atom. The van der Waals surface area contributed by atoms with Crippen LogP contribution in [-0.4, -0.2) is 24.7 Å². The van der Waals surface area contributed by atoms with E-state index in [9.17, 15) is 22.0 Å². The molecule has 0 radical (unpaired) electrons. The van der Waals surface area contributed by atoms with E-state index in [4.69, 9.17) is 5.11 Å². The lowest BCUT2D eigenvalue weighted by molar-refractivity contribution is 0.0697. The van der Waals surface area contributed by atoms with Crippen LogP contribution in [0.4, 0.5) is 14.5 Å². The van der Waals surface area contributed by atoms with E-state index in [0.717, 1.165) is 0 Å². The minimum Gasteiger partial charge on any atom is -0.478 e. The number of hydrogen-bond acceptors (Lipinski definition) is 3. The van der Waals surface area contributed by atoms with E-state index in [0.29, 0.717) is 25.0 Å². The molecule has 1 aromatic carbocycles. The number of anilines is 1. The van der Waals surface area contributed by atoms with Crippen molar-refractivity contribution in [1.29, 1.82) is 0 Å². The molecule has 2 rings (SSSR count). The van der Waals surface area contributed by atoms with Crippen molar-refractivity contribution in [2.24, 2.45) is 0 Å². The number of nitrogens with one attached hydrogen (secondary N) is 1. The number of hydrogen-bond donors (Lipinski definition) is 2. The number of sulfonamides is 1. The highest BCUT2D eigenvalue weighted by molar-refractivity contribution is 7.93. The molecule has 0 saturated heterocycles. The van der Waals surface area contributed by atoms with Gasteiger partial charge in [0.05, 0.1) is 16.5 Å². The van der Waals surface area contributed by atoms with Gasteiger partial charge in [-0.2, -0.15) is 0 Å². The van der Waals surface area contributed by atoms with Crippen LogP contribution in [0.1, 0.15) is 23.2 Å². The minimum absolute atomic E-state index is 0.447. The Hall–Kier alpha value is -1.70. The topological polar surface area (TPSA) is 83.5 Å². The quantitative estimate of drug-likeness (QED) is 0.875. The zero-order valence-corrected chi connectivity index (χ0v) is 9.80. The largest absolute Gasteiger partial charge is 0.478 e. The van der Waals surface area contributed by atoms with E-state index >= 15 is 0 Å². The lowest BCUT2D eigenvalue weighted by Crippen LogP contribution is -2.19. The molecule has 0 spiro atoms. The fourth-order valence-corrected chi connectivity index (χ4v) is 2.82. The van der Waals surface area contributed by atoms with Crippen molar-refractivity contribution in [2.75, 3.05) is 4.72 Å². The molecular formula is C10H9F2NO4S. The Labute approximate surface area is 101 Å². The van der Waals surface area contributed by atoms with Gasteiger partial charge in [-0.15, -0.1) is 0 Å². The summed E-state index contributed by atoms with van der Waals surface area (Å²) in [6, 6.07) is 0.973. The first-order valence-corrected chi connectivity index (χ1v) is 6.60. The second kappa shape index (κ2) is 4.20. The molecule has 0 amide bonds. The lowest BCUT2D eigenvalue weighted by atomic mass is 10.2. The summed E-state index contributed by atoms with van der Waals surface area (Å²) >= 11 is 0. The van der Waals surface area contributed by atoms with E-state index in [-0.39, 0.29) is 0 Å². The number of carboxylic acids is 1. The van der Waals surface area contributed by atoms with E-state index in [1.807, 2.05) is 4.72 Å². The molecule has 0 bridgehead atoms. The van der Waals surface area contributed by atoms with Crippen molar-refractivity contribution in [3.05, 3.63) is 29.3 Å². The Morgan fingerprint density at radius 3 is 2.33 bits per heavy atom. The van der Waals surface area contributed by atoms with Gasteiger partial charge in [0.25, 0.3) is 0 Å². The van der Waals surface area contributed by atoms with Gasteiger partial charge in [-0.25, -0.2) is 22.0 Å². The first-order valence-electron chi connectivity index (χ1n) is 5.05. The molecule has 98 valence electrons. The van der Waals surface area contributed by atoms with Crippen LogP contribution in [0.2, 0.25) is 0 Å². The zero-order valence-electron chi connectivity index (χ0n) is 8.98. The van der Waals surface area contributed by atoms with Crippen LogP contribution in [-0.2, 0) is 10.0 Å². The standard InChI is InChI=1S/C10H9F2NO4S/c11-7-3-6(10(14)15)9(4-8(7)12)13-18(16,17)5-1-2-5/h3-5,13H,1-2H2,(H,14,15). The van der Waals surface area contributed by atoms with Gasteiger partial charge in [0.15, 0.2) is 11.6 Å². The molecule has 0 atom stereocenters. The molecule has 0 aliphatic heterocycles. The number of benzene rings is 1. The molecule has 2 N–H and O–H groups in total. The van der Waals surface area contributed by atoms with Crippen LogP contribution in [0.15, 0.2) is 12.1 Å². The van der Waals surface area contributed by atoms with Gasteiger partial charge in [0.1, 0.15) is 0 Å². The molecule has 0 aromatic heterocycles. The maximum Gasteiger partial charge on any atom is 0.337 e. The molecule has 18 heavy (non-hydrogen) atoms. The second-order valence-corrected chi connectivity index (χ2v) is 5.92. The second-order valence-electron chi connectivity index (χ2n) is 3.96. The third-order valence-corrected chi connectivity index (χ3v) is 4.36. The highest BCUT2D eigenvalue weighted by atomic mass is 32.2. The first kappa shape index (κ1) is 12.7. The van der Waals surface area contributed by atoms with Gasteiger partial charge in [-0.3, -0.25) is 4.72 Å². The number of aromatic carboxylic acids is 1. The summed E-state index contributed by atoms with van der Waals surface area (Å²) < 4.78 is 51.1. The van der Waals surface area contributed by atoms with Crippen LogP contribution in [0.3, 0.4) is 0 Å². The fraction of sp³-hybridized carbons (Fsp3) is 0.300. The van der Waals surface area contributed by atoms with Crippen LogP contribution < -0.4 is 4.72 Å². The van der Waals surface area contributed by atoms with E-state index in [1.165, 1.54) is 0 Å². The van der Waals surface area contributed by atoms with Crippen LogP contribution in [0, 0.1) is 11.6 Å². The van der Waals surface area contributed by atoms with Crippen molar-refractivity contribution >= 4 is 21.7 Å². The van der Waals surface area contributed by atoms with Crippen molar-refractivity contribution in [3.8, 4) is 0 Å². The van der Waals surface area contributed by atoms with Crippen molar-refractivity contribution in [3.63, 3.8) is 0 Å². The van der Waals surface area contributed by atoms with Crippen LogP contribution >= 0.6 is 0 Å². The predicted molar refractivity (Wildman–Crippen MR) is 58.9 cm³/mol. The van der Waals surface area contributed by atoms with Gasteiger partial charge >= 0.3 is 5.97 Å². The van der Waals surface area contributed by atoms with Crippen molar-refractivity contribution in [2.45, 2.75) is 18.1 Å². The molecule has 1 saturated carbocycles. The first-order chi connectivity index (χ1) is 8.31. The van der Waals surface area contributed by atoms with Crippen molar-refractivity contribution in [1.82, 2.24) is 0 Å². The van der Waals surface area contributed by atoms with Crippen molar-refractivity contribution < 1.29 is 27.1 Å². The Balaban J connectivity index is 2.43. The summed E-state index contributed by atoms with van der Waals surface area (Å²) in [6.07, 6.45) is 0.947. The Morgan fingerprint density at radius 1 is 1.28 bits per heavy atom. The Bertz CT molecular complexity index is 611. The monoisotopic (exact) mass is 277 g/mol. The molecule has 0 heterocycles. The van der Waals surface area contributed by atoms with Gasteiger partial charge in [0.2, 0.25) is 10.0 Å². The molecule has 1 fully saturated rings. The molecule has 8 heteroatoms. The number of carboxylic acid groups (broad SMARTS) is 1. The summed E-state index contributed by atoms with van der Waals surface area (Å²) in [6.45, 7) is 0. The summed E-state index contributed by atoms with van der Waals surface area (Å²) in [7, 11) is -3.73. The molecule has 1 aromatic rings. The average Bonchev–Trinajstić information content (AvgIpc) is 3.05. The summed E-state index contributed by atoms with van der Waals surface area (Å²) in [5, 5.41) is 8.22. The highest BCUT2D eigenvalue weighted by Gasteiger charge is 2.36. The Kier molecular flexibility index (Phi) is 2.97. The number of carbonyl (C=O) groups is 1. The van der Waals surface area contributed by atoms with E-state index in [1.54, 1.807) is 0 Å². The molecule has 1 aliphatic carbocycles. The average molecular weight is 277 g/mol. The smallest absolute Gasteiger partial charge is 0.337 e. The maximum atomic E-state index is 13.0. The normalized spacial score (nSPS) is 15.4. The number of halogens is 2. The fourth-order valence-electron chi connectivity index (χ4n) is 1.42. The van der Waals surface area contributed by atoms with Gasteiger partial charge in [-0.05, 0) is 18.9 Å². The maximum absolute atomic E-state index is 13.0. The van der Waals surface area contributed by atoms with Gasteiger partial charge < -0.3 is 5.11 Å². The molecule has 0 unspecified atom stereocenters. The SMILES string of the molecule is O=C(O)c1cc(F)c(F)cc1NS(=O)(=O)C1CC1. The van der Waals surface area contributed by atoms with Gasteiger partial charge in [0, 0.05) is 6.07 Å². The third-order valence-electron chi connectivity index (χ3n) is 2.51. The lowest BCUT2D eigenvalue weighted by Gasteiger charge is -2.10. The minimum atomic E-state index is -3.73. The van der Waals surface area contributed by atoms with E-state index in [2.05, 4.69) is 0 Å². The highest BCUT2D eigenvalue weighted by Crippen LogP contribution is 2.31. The molecule has 5 nitrogen and oxygen atoms in total. The van der Waals surface area contributed by atoms with Crippen LogP contribution in [0.5, 0.6) is 0 Å². The summed E-state index contributed by atoms with van der Waals surface area (Å²) in [4.78, 5) is 10.8. The zero-order chi connectivity index (χ0) is 13.5. The molecular weight excluding hydrogens is 268 g/mol. The third kappa shape index (κ3) is 2.42. The number of rotatable bonds is 4. The van der Waals surface area contributed by atoms with E-state index < -0.39 is 44.1 Å². The predicted octanol–water partition coefficient (Wildman–Crippen LogP) is 1.57. The van der Waals surface area contributed by atoms with Gasteiger partial charge in [-0.1, -0.05) is 0 Å².